The number of para-hydroxylation sites is 1. The van der Waals surface area contributed by atoms with Crippen molar-refractivity contribution in [2.45, 2.75) is 26.3 Å². The van der Waals surface area contributed by atoms with Gasteiger partial charge < -0.3 is 14.5 Å². The zero-order valence-corrected chi connectivity index (χ0v) is 19.2. The Morgan fingerprint density at radius 3 is 2.53 bits per heavy atom. The van der Waals surface area contributed by atoms with Crippen LogP contribution in [-0.4, -0.2) is 52.8 Å². The van der Waals surface area contributed by atoms with Crippen molar-refractivity contribution in [1.82, 2.24) is 14.8 Å². The van der Waals surface area contributed by atoms with Gasteiger partial charge in [-0.2, -0.15) is 0 Å². The summed E-state index contributed by atoms with van der Waals surface area (Å²) < 4.78 is 5.72. The molecule has 3 aromatic rings. The van der Waals surface area contributed by atoms with Crippen LogP contribution in [0.3, 0.4) is 0 Å². The van der Waals surface area contributed by atoms with Crippen LogP contribution >= 0.6 is 11.3 Å². The van der Waals surface area contributed by atoms with Crippen LogP contribution in [-0.2, 0) is 9.59 Å². The number of hydrogen-bond donors (Lipinski definition) is 0. The highest BCUT2D eigenvalue weighted by molar-refractivity contribution is 7.10. The summed E-state index contributed by atoms with van der Waals surface area (Å²) in [6, 6.07) is 17.4. The number of nitrogens with zero attached hydrogens (tertiary/aromatic N) is 3. The van der Waals surface area contributed by atoms with E-state index in [4.69, 9.17) is 9.72 Å². The second-order valence-corrected chi connectivity index (χ2v) is 8.83. The molecule has 6 nitrogen and oxygen atoms in total. The molecule has 2 amide bonds. The molecule has 7 heteroatoms. The molecule has 0 radical (unpaired) electrons. The Morgan fingerprint density at radius 1 is 1.06 bits per heavy atom. The lowest BCUT2D eigenvalue weighted by molar-refractivity contribution is -0.136. The third kappa shape index (κ3) is 5.16. The summed E-state index contributed by atoms with van der Waals surface area (Å²) in [5.74, 6) is 0.586. The zero-order valence-electron chi connectivity index (χ0n) is 18.4. The molecule has 1 aromatic heterocycles. The van der Waals surface area contributed by atoms with E-state index in [0.717, 1.165) is 16.3 Å². The Bertz CT molecular complexity index is 1070. The molecule has 0 saturated carbocycles. The fraction of sp³-hybridized carbons (Fsp3) is 0.320. The maximum atomic E-state index is 13.2. The number of thiazole rings is 1. The van der Waals surface area contributed by atoms with Gasteiger partial charge in [0, 0.05) is 37.5 Å². The van der Waals surface area contributed by atoms with E-state index in [1.165, 1.54) is 5.56 Å². The normalized spacial score (nSPS) is 16.5. The van der Waals surface area contributed by atoms with Crippen LogP contribution in [0.2, 0.25) is 0 Å². The molecule has 1 saturated heterocycles. The number of ether oxygens (including phenoxy) is 1. The molecule has 1 atom stereocenters. The Balaban J connectivity index is 1.55. The zero-order chi connectivity index (χ0) is 22.5. The summed E-state index contributed by atoms with van der Waals surface area (Å²) in [6.07, 6.45) is 0.650. The summed E-state index contributed by atoms with van der Waals surface area (Å²) in [6.45, 7) is 5.16. The maximum Gasteiger partial charge on any atom is 0.261 e. The lowest BCUT2D eigenvalue weighted by Gasteiger charge is -2.28. The standard InChI is InChI=1S/C25H27N3O3S/c1-18-8-10-20(11-9-18)22-17-32-25(26-22)23-12-13-27(19(2)29)14-15-28(23)24(30)16-31-21-6-4-3-5-7-21/h3-11,17,23H,12-16H2,1-2H3. The van der Waals surface area contributed by atoms with Gasteiger partial charge in [-0.05, 0) is 25.5 Å². The fourth-order valence-electron chi connectivity index (χ4n) is 3.84. The van der Waals surface area contributed by atoms with Crippen LogP contribution in [0.25, 0.3) is 11.3 Å². The van der Waals surface area contributed by atoms with Gasteiger partial charge in [0.15, 0.2) is 6.61 Å². The van der Waals surface area contributed by atoms with E-state index in [-0.39, 0.29) is 24.5 Å². The van der Waals surface area contributed by atoms with Crippen molar-refractivity contribution in [1.29, 1.82) is 0 Å². The summed E-state index contributed by atoms with van der Waals surface area (Å²) in [5.41, 5.74) is 3.17. The Morgan fingerprint density at radius 2 is 1.81 bits per heavy atom. The molecule has 2 aromatic carbocycles. The van der Waals surface area contributed by atoms with Crippen LogP contribution in [0.15, 0.2) is 60.0 Å². The topological polar surface area (TPSA) is 62.7 Å². The smallest absolute Gasteiger partial charge is 0.261 e. The molecule has 0 bridgehead atoms. The van der Waals surface area contributed by atoms with Gasteiger partial charge in [0.1, 0.15) is 10.8 Å². The van der Waals surface area contributed by atoms with Gasteiger partial charge >= 0.3 is 0 Å². The second kappa shape index (κ2) is 9.96. The number of benzene rings is 2. The van der Waals surface area contributed by atoms with Gasteiger partial charge in [-0.3, -0.25) is 9.59 Å². The van der Waals surface area contributed by atoms with E-state index in [0.29, 0.717) is 31.8 Å². The highest BCUT2D eigenvalue weighted by Gasteiger charge is 2.32. The first-order valence-electron chi connectivity index (χ1n) is 10.8. The first-order valence-corrected chi connectivity index (χ1v) is 11.6. The summed E-state index contributed by atoms with van der Waals surface area (Å²) in [7, 11) is 0. The van der Waals surface area contributed by atoms with E-state index < -0.39 is 0 Å². The molecule has 32 heavy (non-hydrogen) atoms. The monoisotopic (exact) mass is 449 g/mol. The molecule has 2 heterocycles. The van der Waals surface area contributed by atoms with Gasteiger partial charge in [-0.25, -0.2) is 4.98 Å². The highest BCUT2D eigenvalue weighted by Crippen LogP contribution is 2.32. The Hall–Kier alpha value is -3.19. The van der Waals surface area contributed by atoms with Crippen molar-refractivity contribution in [3.63, 3.8) is 0 Å². The van der Waals surface area contributed by atoms with Crippen LogP contribution < -0.4 is 4.74 Å². The molecule has 4 rings (SSSR count). The molecule has 0 spiro atoms. The van der Waals surface area contributed by atoms with Gasteiger partial charge in [-0.15, -0.1) is 11.3 Å². The van der Waals surface area contributed by atoms with Crippen molar-refractivity contribution >= 4 is 23.2 Å². The average molecular weight is 450 g/mol. The predicted molar refractivity (Wildman–Crippen MR) is 126 cm³/mol. The lowest BCUT2D eigenvalue weighted by Crippen LogP contribution is -2.40. The second-order valence-electron chi connectivity index (χ2n) is 7.94. The number of aromatic nitrogens is 1. The molecule has 0 N–H and O–H groups in total. The Kier molecular flexibility index (Phi) is 6.85. The third-order valence-electron chi connectivity index (χ3n) is 5.69. The number of rotatable bonds is 5. The van der Waals surface area contributed by atoms with Crippen LogP contribution in [0, 0.1) is 6.92 Å². The molecular formula is C25H27N3O3S. The number of carbonyl (C=O) groups excluding carboxylic acids is 2. The largest absolute Gasteiger partial charge is 0.484 e. The molecule has 1 unspecified atom stereocenters. The van der Waals surface area contributed by atoms with Crippen molar-refractivity contribution in [3.8, 4) is 17.0 Å². The number of carbonyl (C=O) groups is 2. The van der Waals surface area contributed by atoms with E-state index in [1.807, 2.05) is 40.6 Å². The SMILES string of the molecule is CC(=O)N1CCC(c2nc(-c3ccc(C)cc3)cs2)N(C(=O)COc2ccccc2)CC1. The lowest BCUT2D eigenvalue weighted by atomic mass is 10.1. The van der Waals surface area contributed by atoms with E-state index in [2.05, 4.69) is 31.2 Å². The average Bonchev–Trinajstić information content (AvgIpc) is 3.17. The van der Waals surface area contributed by atoms with Gasteiger partial charge in [0.05, 0.1) is 11.7 Å². The number of aryl methyl sites for hydroxylation is 1. The van der Waals surface area contributed by atoms with E-state index >= 15 is 0 Å². The van der Waals surface area contributed by atoms with Crippen molar-refractivity contribution < 1.29 is 14.3 Å². The van der Waals surface area contributed by atoms with Crippen molar-refractivity contribution in [2.24, 2.45) is 0 Å². The van der Waals surface area contributed by atoms with E-state index in [1.54, 1.807) is 23.2 Å². The predicted octanol–water partition coefficient (Wildman–Crippen LogP) is 4.32. The summed E-state index contributed by atoms with van der Waals surface area (Å²) in [4.78, 5) is 33.7. The minimum absolute atomic E-state index is 0.0260. The molecule has 1 aliphatic rings. The minimum Gasteiger partial charge on any atom is -0.484 e. The van der Waals surface area contributed by atoms with Crippen LogP contribution in [0.4, 0.5) is 0 Å². The van der Waals surface area contributed by atoms with Crippen LogP contribution in [0.5, 0.6) is 5.75 Å². The van der Waals surface area contributed by atoms with Gasteiger partial charge in [-0.1, -0.05) is 48.0 Å². The Labute approximate surface area is 192 Å². The quantitative estimate of drug-likeness (QED) is 0.582. The third-order valence-corrected chi connectivity index (χ3v) is 6.63. The van der Waals surface area contributed by atoms with Crippen molar-refractivity contribution in [2.75, 3.05) is 26.2 Å². The number of hydrogen-bond acceptors (Lipinski definition) is 5. The molecular weight excluding hydrogens is 422 g/mol. The van der Waals surface area contributed by atoms with Gasteiger partial charge in [0.2, 0.25) is 5.91 Å². The minimum atomic E-state index is -0.185. The van der Waals surface area contributed by atoms with Gasteiger partial charge in [0.25, 0.3) is 5.91 Å². The van der Waals surface area contributed by atoms with Crippen molar-refractivity contribution in [3.05, 3.63) is 70.5 Å². The maximum absolute atomic E-state index is 13.2. The first-order chi connectivity index (χ1) is 15.5. The molecule has 1 fully saturated rings. The number of amides is 2. The summed E-state index contributed by atoms with van der Waals surface area (Å²) in [5, 5.41) is 2.93. The summed E-state index contributed by atoms with van der Waals surface area (Å²) >= 11 is 1.56. The molecule has 166 valence electrons. The highest BCUT2D eigenvalue weighted by atomic mass is 32.1. The molecule has 0 aliphatic carbocycles. The fourth-order valence-corrected chi connectivity index (χ4v) is 4.82. The molecule has 1 aliphatic heterocycles. The van der Waals surface area contributed by atoms with Crippen LogP contribution in [0.1, 0.15) is 30.0 Å². The first kappa shape index (κ1) is 22.0. The van der Waals surface area contributed by atoms with E-state index in [9.17, 15) is 9.59 Å².